The molecule has 218 valence electrons. The summed E-state index contributed by atoms with van der Waals surface area (Å²) in [6, 6.07) is 20.5. The highest BCUT2D eigenvalue weighted by atomic mass is 16.6. The number of nitriles is 1. The number of aromatic nitrogens is 4. The summed E-state index contributed by atoms with van der Waals surface area (Å²) in [6.45, 7) is 4.74. The van der Waals surface area contributed by atoms with Crippen molar-refractivity contribution >= 4 is 11.9 Å². The smallest absolute Gasteiger partial charge is 0.410 e. The summed E-state index contributed by atoms with van der Waals surface area (Å²) in [4.78, 5) is 29.3. The number of hydrogen-bond donors (Lipinski definition) is 0. The summed E-state index contributed by atoms with van der Waals surface area (Å²) >= 11 is 0. The van der Waals surface area contributed by atoms with Crippen LogP contribution in [0.15, 0.2) is 59.0 Å². The number of fused-ring (bicyclic) bond motifs is 2. The third kappa shape index (κ3) is 5.30. The molecular formula is C32H32N8O3. The van der Waals surface area contributed by atoms with Crippen LogP contribution in [0.3, 0.4) is 0 Å². The minimum Gasteiger partial charge on any atom is -0.445 e. The van der Waals surface area contributed by atoms with E-state index in [0.29, 0.717) is 43.9 Å². The normalized spacial score (nSPS) is 19.6. The fraction of sp³-hybridized carbons (Fsp3) is 0.375. The lowest BCUT2D eigenvalue weighted by atomic mass is 10.1. The summed E-state index contributed by atoms with van der Waals surface area (Å²) in [5.41, 5.74) is 5.73. The molecule has 1 saturated heterocycles. The summed E-state index contributed by atoms with van der Waals surface area (Å²) in [5.74, 6) is 1.92. The monoisotopic (exact) mass is 576 g/mol. The topological polar surface area (TPSA) is 125 Å². The van der Waals surface area contributed by atoms with E-state index in [0.717, 1.165) is 42.0 Å². The number of ether oxygens (including phenoxy) is 1. The molecule has 0 spiro atoms. The largest absolute Gasteiger partial charge is 0.445 e. The molecular weight excluding hydrogens is 544 g/mol. The number of anilines is 1. The molecule has 0 saturated carbocycles. The number of benzene rings is 2. The maximum absolute atomic E-state index is 13.1. The van der Waals surface area contributed by atoms with Gasteiger partial charge in [0.2, 0.25) is 11.7 Å². The van der Waals surface area contributed by atoms with Gasteiger partial charge in [0.15, 0.2) is 0 Å². The lowest BCUT2D eigenvalue weighted by Gasteiger charge is -2.41. The number of amides is 1. The molecule has 11 heteroatoms. The zero-order valence-electron chi connectivity index (χ0n) is 24.0. The van der Waals surface area contributed by atoms with Crippen molar-refractivity contribution in [2.45, 2.75) is 58.0 Å². The van der Waals surface area contributed by atoms with Crippen LogP contribution in [0.4, 0.5) is 10.6 Å². The van der Waals surface area contributed by atoms with Gasteiger partial charge in [0, 0.05) is 51.3 Å². The molecule has 4 heterocycles. The van der Waals surface area contributed by atoms with Crippen LogP contribution in [-0.2, 0) is 30.9 Å². The Labute approximate surface area is 249 Å². The Morgan fingerprint density at radius 1 is 1.07 bits per heavy atom. The molecule has 0 bridgehead atoms. The van der Waals surface area contributed by atoms with Crippen LogP contribution in [0.1, 0.15) is 52.7 Å². The number of nitrogens with zero attached hydrogens (tertiary/aromatic N) is 8. The highest BCUT2D eigenvalue weighted by Gasteiger charge is 2.38. The maximum atomic E-state index is 13.1. The van der Waals surface area contributed by atoms with Gasteiger partial charge in [-0.25, -0.2) is 14.8 Å². The molecule has 0 radical (unpaired) electrons. The second-order valence-corrected chi connectivity index (χ2v) is 11.3. The average molecular weight is 577 g/mol. The summed E-state index contributed by atoms with van der Waals surface area (Å²) in [7, 11) is 0. The molecule has 2 aliphatic heterocycles. The Balaban J connectivity index is 1.16. The van der Waals surface area contributed by atoms with Crippen molar-refractivity contribution in [1.82, 2.24) is 30.0 Å². The van der Waals surface area contributed by atoms with Crippen molar-refractivity contribution in [3.63, 3.8) is 0 Å². The number of rotatable bonds is 6. The molecule has 43 heavy (non-hydrogen) atoms. The van der Waals surface area contributed by atoms with Gasteiger partial charge in [-0.3, -0.25) is 4.90 Å². The van der Waals surface area contributed by atoms with Gasteiger partial charge in [0.25, 0.3) is 5.89 Å². The number of aryl methyl sites for hydroxylation is 2. The number of hydrogen-bond acceptors (Lipinski definition) is 10. The zero-order chi connectivity index (χ0) is 29.3. The average Bonchev–Trinajstić information content (AvgIpc) is 3.78. The second kappa shape index (κ2) is 11.5. The van der Waals surface area contributed by atoms with Crippen LogP contribution in [0.5, 0.6) is 0 Å². The number of carbonyl (C=O) groups excluding carboxylic acids is 1. The van der Waals surface area contributed by atoms with Crippen LogP contribution in [0.25, 0.3) is 11.7 Å². The molecule has 11 nitrogen and oxygen atoms in total. The van der Waals surface area contributed by atoms with Crippen molar-refractivity contribution in [3.8, 4) is 17.8 Å². The van der Waals surface area contributed by atoms with Crippen molar-refractivity contribution in [2.75, 3.05) is 24.5 Å². The lowest BCUT2D eigenvalue weighted by molar-refractivity contribution is 0.0768. The molecule has 2 aromatic carbocycles. The Hall–Kier alpha value is -4.82. The van der Waals surface area contributed by atoms with Gasteiger partial charge in [-0.2, -0.15) is 5.26 Å². The highest BCUT2D eigenvalue weighted by Crippen LogP contribution is 2.42. The van der Waals surface area contributed by atoms with Crippen molar-refractivity contribution in [2.24, 2.45) is 0 Å². The molecule has 1 fully saturated rings. The second-order valence-electron chi connectivity index (χ2n) is 11.3. The molecule has 1 amide bonds. The third-order valence-corrected chi connectivity index (χ3v) is 8.59. The van der Waals surface area contributed by atoms with Crippen LogP contribution in [-0.4, -0.2) is 61.7 Å². The van der Waals surface area contributed by atoms with E-state index < -0.39 is 6.09 Å². The van der Waals surface area contributed by atoms with Gasteiger partial charge < -0.3 is 19.0 Å². The number of carbonyl (C=O) groups is 1. The Bertz CT molecular complexity index is 1680. The van der Waals surface area contributed by atoms with Gasteiger partial charge in [0.1, 0.15) is 12.4 Å². The quantitative estimate of drug-likeness (QED) is 0.322. The summed E-state index contributed by atoms with van der Waals surface area (Å²) in [6.07, 6.45) is 1.91. The Morgan fingerprint density at radius 3 is 2.72 bits per heavy atom. The molecule has 0 N–H and O–H groups in total. The summed E-state index contributed by atoms with van der Waals surface area (Å²) in [5, 5.41) is 17.8. The highest BCUT2D eigenvalue weighted by molar-refractivity contribution is 5.69. The maximum Gasteiger partial charge on any atom is 0.410 e. The molecule has 1 aliphatic carbocycles. The van der Waals surface area contributed by atoms with Crippen molar-refractivity contribution < 1.29 is 13.9 Å². The zero-order valence-corrected chi connectivity index (χ0v) is 24.0. The molecule has 4 aromatic rings. The number of piperazine rings is 1. The first-order valence-electron chi connectivity index (χ1n) is 14.7. The van der Waals surface area contributed by atoms with E-state index in [4.69, 9.17) is 19.1 Å². The predicted molar refractivity (Wildman–Crippen MR) is 156 cm³/mol. The van der Waals surface area contributed by atoms with Gasteiger partial charge >= 0.3 is 6.09 Å². The van der Waals surface area contributed by atoms with Gasteiger partial charge in [-0.15, -0.1) is 10.2 Å². The van der Waals surface area contributed by atoms with Crippen LogP contribution in [0.2, 0.25) is 0 Å². The third-order valence-electron chi connectivity index (χ3n) is 8.59. The first kappa shape index (κ1) is 27.0. The molecule has 2 atom stereocenters. The molecule has 2 aromatic heterocycles. The van der Waals surface area contributed by atoms with E-state index in [2.05, 4.69) is 50.3 Å². The first-order chi connectivity index (χ1) is 21.1. The van der Waals surface area contributed by atoms with E-state index >= 15 is 0 Å². The Morgan fingerprint density at radius 2 is 1.91 bits per heavy atom. The van der Waals surface area contributed by atoms with Crippen LogP contribution < -0.4 is 4.90 Å². The van der Waals surface area contributed by atoms with E-state index in [9.17, 15) is 10.1 Å². The molecule has 7 rings (SSSR count). The SMILES string of the molecule is Cc1nnc(-c2nc3c(c(N4CCN(C(=O)OCc5ccccc5)[C@@H](CC#N)C4)n2)CN(C2CCc4ccccc42)C3)o1. The van der Waals surface area contributed by atoms with Gasteiger partial charge in [0.05, 0.1) is 24.2 Å². The minimum atomic E-state index is -0.412. The van der Waals surface area contributed by atoms with E-state index in [1.54, 1.807) is 11.8 Å². The fourth-order valence-electron chi connectivity index (χ4n) is 6.51. The van der Waals surface area contributed by atoms with Gasteiger partial charge in [-0.05, 0) is 29.5 Å². The molecule has 1 unspecified atom stereocenters. The first-order valence-corrected chi connectivity index (χ1v) is 14.7. The van der Waals surface area contributed by atoms with E-state index in [1.807, 2.05) is 30.3 Å². The Kier molecular flexibility index (Phi) is 7.20. The molecule has 3 aliphatic rings. The van der Waals surface area contributed by atoms with Crippen molar-refractivity contribution in [3.05, 3.63) is 88.4 Å². The van der Waals surface area contributed by atoms with Gasteiger partial charge in [-0.1, -0.05) is 54.6 Å². The lowest BCUT2D eigenvalue weighted by Crippen LogP contribution is -2.55. The minimum absolute atomic E-state index is 0.185. The van der Waals surface area contributed by atoms with Crippen LogP contribution in [0, 0.1) is 18.3 Å². The van der Waals surface area contributed by atoms with Crippen LogP contribution >= 0.6 is 0 Å². The van der Waals surface area contributed by atoms with Crippen molar-refractivity contribution in [1.29, 1.82) is 5.26 Å². The summed E-state index contributed by atoms with van der Waals surface area (Å²) < 4.78 is 11.4. The fourth-order valence-corrected chi connectivity index (χ4v) is 6.51. The predicted octanol–water partition coefficient (Wildman–Crippen LogP) is 4.58. The standard InChI is InChI=1S/C32H32N8O3/c1-21-36-37-31(43-21)29-34-27-19-39(28-12-11-23-9-5-6-10-25(23)28)18-26(27)30(35-29)38-15-16-40(24(17-38)13-14-33)32(41)42-20-22-7-3-2-4-8-22/h2-10,24,28H,11-13,15-20H2,1H3/t24-,28?/m0/s1. The van der Waals surface area contributed by atoms with E-state index in [1.165, 1.54) is 11.1 Å². The van der Waals surface area contributed by atoms with E-state index in [-0.39, 0.29) is 25.0 Å².